The Hall–Kier alpha value is -1.88. The number of amides is 1. The van der Waals surface area contributed by atoms with Gasteiger partial charge in [-0.1, -0.05) is 12.1 Å². The summed E-state index contributed by atoms with van der Waals surface area (Å²) in [6.45, 7) is 3.12. The fourth-order valence-corrected chi connectivity index (χ4v) is 2.12. The summed E-state index contributed by atoms with van der Waals surface area (Å²) in [6.07, 6.45) is 1.60. The van der Waals surface area contributed by atoms with Crippen LogP contribution in [0.1, 0.15) is 29.3 Å². The van der Waals surface area contributed by atoms with E-state index in [9.17, 15) is 9.59 Å². The number of carbonyl (C=O) groups excluding carboxylic acids is 1. The SMILES string of the molecule is CCO[C@@H]1C[C@@H]1C(=O)NCCc1ccc(C(=O)O)cc1. The molecule has 1 amide bonds. The molecule has 2 atom stereocenters. The van der Waals surface area contributed by atoms with E-state index >= 15 is 0 Å². The predicted molar refractivity (Wildman–Crippen MR) is 73.6 cm³/mol. The third-order valence-electron chi connectivity index (χ3n) is 3.36. The first-order chi connectivity index (χ1) is 9.61. The topological polar surface area (TPSA) is 75.6 Å². The van der Waals surface area contributed by atoms with Gasteiger partial charge in [-0.3, -0.25) is 4.79 Å². The number of carboxylic acids is 1. The number of aromatic carboxylic acids is 1. The number of carboxylic acid groups (broad SMARTS) is 1. The molecule has 1 aromatic carbocycles. The van der Waals surface area contributed by atoms with Crippen molar-refractivity contribution in [2.24, 2.45) is 5.92 Å². The van der Waals surface area contributed by atoms with E-state index in [1.54, 1.807) is 24.3 Å². The summed E-state index contributed by atoms with van der Waals surface area (Å²) in [5, 5.41) is 11.7. The van der Waals surface area contributed by atoms with Crippen molar-refractivity contribution >= 4 is 11.9 Å². The first kappa shape index (κ1) is 14.5. The molecule has 0 aromatic heterocycles. The molecule has 0 aliphatic heterocycles. The van der Waals surface area contributed by atoms with Gasteiger partial charge in [-0.25, -0.2) is 4.79 Å². The Morgan fingerprint density at radius 3 is 2.65 bits per heavy atom. The largest absolute Gasteiger partial charge is 0.478 e. The molecule has 5 nitrogen and oxygen atoms in total. The zero-order chi connectivity index (χ0) is 14.5. The van der Waals surface area contributed by atoms with E-state index in [1.807, 2.05) is 6.92 Å². The van der Waals surface area contributed by atoms with E-state index in [0.29, 0.717) is 19.6 Å². The predicted octanol–water partition coefficient (Wildman–Crippen LogP) is 1.47. The molecule has 0 spiro atoms. The smallest absolute Gasteiger partial charge is 0.335 e. The highest BCUT2D eigenvalue weighted by molar-refractivity contribution is 5.87. The minimum atomic E-state index is -0.930. The highest BCUT2D eigenvalue weighted by Crippen LogP contribution is 2.33. The van der Waals surface area contributed by atoms with Crippen LogP contribution in [0, 0.1) is 5.92 Å². The minimum Gasteiger partial charge on any atom is -0.478 e. The van der Waals surface area contributed by atoms with Gasteiger partial charge in [-0.2, -0.15) is 0 Å². The molecule has 108 valence electrons. The van der Waals surface area contributed by atoms with Gasteiger partial charge < -0.3 is 15.2 Å². The number of hydrogen-bond acceptors (Lipinski definition) is 3. The summed E-state index contributed by atoms with van der Waals surface area (Å²) in [7, 11) is 0. The number of benzene rings is 1. The second-order valence-corrected chi connectivity index (χ2v) is 4.88. The van der Waals surface area contributed by atoms with E-state index in [2.05, 4.69) is 5.32 Å². The lowest BCUT2D eigenvalue weighted by Gasteiger charge is -2.05. The van der Waals surface area contributed by atoms with Gasteiger partial charge in [-0.05, 0) is 37.5 Å². The van der Waals surface area contributed by atoms with Crippen LogP contribution in [0.3, 0.4) is 0 Å². The standard InChI is InChI=1S/C15H19NO4/c1-2-20-13-9-12(13)14(17)16-8-7-10-3-5-11(6-4-10)15(18)19/h3-6,12-13H,2,7-9H2,1H3,(H,16,17)(H,18,19)/t12-,13+/m0/s1. The Kier molecular flexibility index (Phi) is 4.74. The summed E-state index contributed by atoms with van der Waals surface area (Å²) >= 11 is 0. The highest BCUT2D eigenvalue weighted by Gasteiger charge is 2.43. The molecule has 0 heterocycles. The number of hydrogen-bond donors (Lipinski definition) is 2. The molecule has 5 heteroatoms. The van der Waals surface area contributed by atoms with Crippen molar-refractivity contribution in [1.29, 1.82) is 0 Å². The maximum Gasteiger partial charge on any atom is 0.335 e. The number of ether oxygens (including phenoxy) is 1. The van der Waals surface area contributed by atoms with Gasteiger partial charge in [0.2, 0.25) is 5.91 Å². The molecular formula is C15H19NO4. The van der Waals surface area contributed by atoms with Crippen molar-refractivity contribution in [1.82, 2.24) is 5.32 Å². The van der Waals surface area contributed by atoms with Crippen molar-refractivity contribution in [2.75, 3.05) is 13.2 Å². The van der Waals surface area contributed by atoms with E-state index in [1.165, 1.54) is 0 Å². The van der Waals surface area contributed by atoms with E-state index in [0.717, 1.165) is 12.0 Å². The fourth-order valence-electron chi connectivity index (χ4n) is 2.12. The first-order valence-corrected chi connectivity index (χ1v) is 6.83. The highest BCUT2D eigenvalue weighted by atomic mass is 16.5. The van der Waals surface area contributed by atoms with Gasteiger partial charge >= 0.3 is 5.97 Å². The van der Waals surface area contributed by atoms with Crippen molar-refractivity contribution in [3.05, 3.63) is 35.4 Å². The zero-order valence-corrected chi connectivity index (χ0v) is 11.5. The molecule has 1 aliphatic carbocycles. The molecular weight excluding hydrogens is 258 g/mol. The zero-order valence-electron chi connectivity index (χ0n) is 11.5. The fraction of sp³-hybridized carbons (Fsp3) is 0.467. The van der Waals surface area contributed by atoms with Crippen molar-refractivity contribution in [2.45, 2.75) is 25.9 Å². The van der Waals surface area contributed by atoms with Crippen LogP contribution in [0.15, 0.2) is 24.3 Å². The van der Waals surface area contributed by atoms with E-state index in [-0.39, 0.29) is 23.5 Å². The second kappa shape index (κ2) is 6.52. The molecule has 0 unspecified atom stereocenters. The summed E-state index contributed by atoms with van der Waals surface area (Å²) in [5.74, 6) is -0.879. The Bertz CT molecular complexity index is 483. The Labute approximate surface area is 117 Å². The normalized spacial score (nSPS) is 20.4. The number of rotatable bonds is 7. The third kappa shape index (κ3) is 3.81. The molecule has 2 N–H and O–H groups in total. The van der Waals surface area contributed by atoms with Gasteiger partial charge in [0.25, 0.3) is 0 Å². The molecule has 1 fully saturated rings. The van der Waals surface area contributed by atoms with Crippen LogP contribution in [0.2, 0.25) is 0 Å². The summed E-state index contributed by atoms with van der Waals surface area (Å²) < 4.78 is 5.37. The Balaban J connectivity index is 1.71. The van der Waals surface area contributed by atoms with E-state index < -0.39 is 5.97 Å². The summed E-state index contributed by atoms with van der Waals surface area (Å²) in [5.41, 5.74) is 1.28. The molecule has 1 aromatic rings. The molecule has 0 radical (unpaired) electrons. The van der Waals surface area contributed by atoms with Crippen molar-refractivity contribution < 1.29 is 19.4 Å². The monoisotopic (exact) mass is 277 g/mol. The van der Waals surface area contributed by atoms with Crippen LogP contribution >= 0.6 is 0 Å². The lowest BCUT2D eigenvalue weighted by molar-refractivity contribution is -0.123. The third-order valence-corrected chi connectivity index (χ3v) is 3.36. The summed E-state index contributed by atoms with van der Waals surface area (Å²) in [6, 6.07) is 6.70. The average Bonchev–Trinajstić information content (AvgIpc) is 3.19. The lowest BCUT2D eigenvalue weighted by Crippen LogP contribution is -2.28. The van der Waals surface area contributed by atoms with Gasteiger partial charge in [0.15, 0.2) is 0 Å². The van der Waals surface area contributed by atoms with Crippen molar-refractivity contribution in [3.8, 4) is 0 Å². The first-order valence-electron chi connectivity index (χ1n) is 6.83. The average molecular weight is 277 g/mol. The Morgan fingerprint density at radius 1 is 1.35 bits per heavy atom. The lowest BCUT2D eigenvalue weighted by atomic mass is 10.1. The van der Waals surface area contributed by atoms with Gasteiger partial charge in [0.05, 0.1) is 17.6 Å². The molecule has 0 bridgehead atoms. The van der Waals surface area contributed by atoms with E-state index in [4.69, 9.17) is 9.84 Å². The van der Waals surface area contributed by atoms with Crippen LogP contribution in [0.5, 0.6) is 0 Å². The van der Waals surface area contributed by atoms with Crippen LogP contribution in [0.4, 0.5) is 0 Å². The maximum atomic E-state index is 11.8. The molecule has 0 saturated heterocycles. The van der Waals surface area contributed by atoms with Crippen molar-refractivity contribution in [3.63, 3.8) is 0 Å². The van der Waals surface area contributed by atoms with Crippen LogP contribution in [-0.4, -0.2) is 36.2 Å². The molecule has 1 aliphatic rings. The maximum absolute atomic E-state index is 11.8. The quantitative estimate of drug-likeness (QED) is 0.791. The summed E-state index contributed by atoms with van der Waals surface area (Å²) in [4.78, 5) is 22.5. The molecule has 2 rings (SSSR count). The van der Waals surface area contributed by atoms with Gasteiger partial charge in [0, 0.05) is 13.2 Å². The number of nitrogens with one attached hydrogen (secondary N) is 1. The molecule has 20 heavy (non-hydrogen) atoms. The van der Waals surface area contributed by atoms with Gasteiger partial charge in [0.1, 0.15) is 0 Å². The minimum absolute atomic E-state index is 0.00402. The second-order valence-electron chi connectivity index (χ2n) is 4.88. The van der Waals surface area contributed by atoms with Gasteiger partial charge in [-0.15, -0.1) is 0 Å². The van der Waals surface area contributed by atoms with Crippen LogP contribution < -0.4 is 5.32 Å². The van der Waals surface area contributed by atoms with Crippen LogP contribution in [-0.2, 0) is 16.0 Å². The molecule has 1 saturated carbocycles. The Morgan fingerprint density at radius 2 is 2.05 bits per heavy atom. The van der Waals surface area contributed by atoms with Crippen LogP contribution in [0.25, 0.3) is 0 Å². The number of carbonyl (C=O) groups is 2.